The van der Waals surface area contributed by atoms with Crippen molar-refractivity contribution in [3.05, 3.63) is 35.7 Å². The number of hydrogen-bond donors (Lipinski definition) is 1. The Kier molecular flexibility index (Phi) is 4.10. The van der Waals surface area contributed by atoms with Gasteiger partial charge in [-0.2, -0.15) is 5.10 Å². The first-order chi connectivity index (χ1) is 10.1. The van der Waals surface area contributed by atoms with Crippen molar-refractivity contribution in [1.29, 1.82) is 0 Å². The van der Waals surface area contributed by atoms with Gasteiger partial charge in [-0.15, -0.1) is 0 Å². The van der Waals surface area contributed by atoms with E-state index in [4.69, 9.17) is 0 Å². The van der Waals surface area contributed by atoms with Crippen LogP contribution in [0.15, 0.2) is 18.5 Å². The van der Waals surface area contributed by atoms with Crippen molar-refractivity contribution >= 4 is 0 Å². The molecule has 114 valence electrons. The summed E-state index contributed by atoms with van der Waals surface area (Å²) in [7, 11) is 2.06. The first kappa shape index (κ1) is 14.3. The molecule has 0 spiro atoms. The molecule has 2 aromatic rings. The first-order valence-electron chi connectivity index (χ1n) is 7.87. The maximum absolute atomic E-state index is 4.43. The number of rotatable bonds is 4. The van der Waals surface area contributed by atoms with Crippen LogP contribution in [-0.4, -0.2) is 37.7 Å². The van der Waals surface area contributed by atoms with Gasteiger partial charge in [0.25, 0.3) is 0 Å². The number of H-pyrrole nitrogens is 1. The van der Waals surface area contributed by atoms with Crippen molar-refractivity contribution in [1.82, 2.24) is 24.6 Å². The van der Waals surface area contributed by atoms with Crippen LogP contribution in [0, 0.1) is 0 Å². The van der Waals surface area contributed by atoms with Gasteiger partial charge in [0.1, 0.15) is 5.82 Å². The zero-order valence-corrected chi connectivity index (χ0v) is 13.2. The van der Waals surface area contributed by atoms with Crippen LogP contribution in [0.3, 0.4) is 0 Å². The summed E-state index contributed by atoms with van der Waals surface area (Å²) in [6.07, 6.45) is 6.29. The van der Waals surface area contributed by atoms with Gasteiger partial charge in [0.15, 0.2) is 0 Å². The summed E-state index contributed by atoms with van der Waals surface area (Å²) in [6.45, 7) is 7.60. The quantitative estimate of drug-likeness (QED) is 0.940. The third-order valence-electron chi connectivity index (χ3n) is 4.52. The Hall–Kier alpha value is -1.62. The van der Waals surface area contributed by atoms with Crippen LogP contribution in [0.2, 0.25) is 0 Å². The number of hydrogen-bond acceptors (Lipinski definition) is 3. The van der Waals surface area contributed by atoms with E-state index in [0.717, 1.165) is 25.5 Å². The summed E-state index contributed by atoms with van der Waals surface area (Å²) >= 11 is 0. The number of piperidine rings is 1. The highest BCUT2D eigenvalue weighted by molar-refractivity contribution is 5.16. The normalized spacial score (nSPS) is 17.7. The molecular weight excluding hydrogens is 262 g/mol. The van der Waals surface area contributed by atoms with Crippen molar-refractivity contribution in [2.75, 3.05) is 13.1 Å². The van der Waals surface area contributed by atoms with Gasteiger partial charge in [-0.3, -0.25) is 10.00 Å². The zero-order valence-electron chi connectivity index (χ0n) is 13.2. The third kappa shape index (κ3) is 3.18. The van der Waals surface area contributed by atoms with Crippen molar-refractivity contribution in [2.24, 2.45) is 7.05 Å². The summed E-state index contributed by atoms with van der Waals surface area (Å²) in [5, 5.41) is 7.67. The van der Waals surface area contributed by atoms with Gasteiger partial charge >= 0.3 is 0 Å². The highest BCUT2D eigenvalue weighted by Crippen LogP contribution is 2.28. The summed E-state index contributed by atoms with van der Waals surface area (Å²) in [4.78, 5) is 6.91. The fourth-order valence-electron chi connectivity index (χ4n) is 3.01. The minimum absolute atomic E-state index is 0.499. The largest absolute Gasteiger partial charge is 0.337 e. The lowest BCUT2D eigenvalue weighted by Gasteiger charge is -2.31. The molecule has 0 radical (unpaired) electrons. The van der Waals surface area contributed by atoms with E-state index >= 15 is 0 Å². The highest BCUT2D eigenvalue weighted by atomic mass is 15.2. The maximum atomic E-state index is 4.43. The predicted octanol–water partition coefficient (Wildman–Crippen LogP) is 2.65. The summed E-state index contributed by atoms with van der Waals surface area (Å²) in [5.41, 5.74) is 2.50. The van der Waals surface area contributed by atoms with E-state index in [0.29, 0.717) is 11.8 Å². The van der Waals surface area contributed by atoms with Crippen LogP contribution in [0.5, 0.6) is 0 Å². The van der Waals surface area contributed by atoms with Crippen LogP contribution < -0.4 is 0 Å². The lowest BCUT2D eigenvalue weighted by molar-refractivity contribution is 0.197. The first-order valence-corrected chi connectivity index (χ1v) is 7.87. The number of aromatic amines is 1. The standard InChI is InChI=1S/C16H25N5/c1-12(2)14-10-15(19-18-14)13-4-7-21(8-5-13)11-16-17-6-9-20(16)3/h6,9-10,12-13H,4-5,7-8,11H2,1-3H3,(H,18,19). The Labute approximate surface area is 126 Å². The number of nitrogens with one attached hydrogen (secondary N) is 1. The fraction of sp³-hybridized carbons (Fsp3) is 0.625. The number of nitrogens with zero attached hydrogens (tertiary/aromatic N) is 4. The van der Waals surface area contributed by atoms with E-state index in [1.54, 1.807) is 0 Å². The average Bonchev–Trinajstić information content (AvgIpc) is 3.10. The molecule has 1 saturated heterocycles. The molecule has 0 aromatic carbocycles. The molecule has 1 aliphatic rings. The molecule has 21 heavy (non-hydrogen) atoms. The summed E-state index contributed by atoms with van der Waals surface area (Å²) in [6, 6.07) is 2.25. The molecule has 5 heteroatoms. The zero-order chi connectivity index (χ0) is 14.8. The van der Waals surface area contributed by atoms with Crippen molar-refractivity contribution in [3.63, 3.8) is 0 Å². The highest BCUT2D eigenvalue weighted by Gasteiger charge is 2.23. The molecule has 5 nitrogen and oxygen atoms in total. The molecule has 0 saturated carbocycles. The Morgan fingerprint density at radius 1 is 1.33 bits per heavy atom. The molecule has 1 fully saturated rings. The predicted molar refractivity (Wildman–Crippen MR) is 83.1 cm³/mol. The summed E-state index contributed by atoms with van der Waals surface area (Å²) in [5.74, 6) is 2.28. The Balaban J connectivity index is 1.56. The lowest BCUT2D eigenvalue weighted by atomic mass is 9.93. The third-order valence-corrected chi connectivity index (χ3v) is 4.52. The molecule has 1 N–H and O–H groups in total. The molecule has 0 aliphatic carbocycles. The van der Waals surface area contributed by atoms with Gasteiger partial charge in [-0.25, -0.2) is 4.98 Å². The van der Waals surface area contributed by atoms with E-state index in [9.17, 15) is 0 Å². The molecule has 2 aromatic heterocycles. The van der Waals surface area contributed by atoms with Crippen molar-refractivity contribution < 1.29 is 0 Å². The van der Waals surface area contributed by atoms with E-state index in [-0.39, 0.29) is 0 Å². The van der Waals surface area contributed by atoms with Gasteiger partial charge in [0.05, 0.1) is 12.2 Å². The van der Waals surface area contributed by atoms with Gasteiger partial charge in [0.2, 0.25) is 0 Å². The minimum atomic E-state index is 0.499. The number of imidazole rings is 1. The second-order valence-electron chi connectivity index (χ2n) is 6.41. The average molecular weight is 287 g/mol. The molecule has 3 heterocycles. The van der Waals surface area contributed by atoms with E-state index < -0.39 is 0 Å². The Bertz CT molecular complexity index is 575. The van der Waals surface area contributed by atoms with E-state index in [1.165, 1.54) is 24.2 Å². The number of aromatic nitrogens is 4. The molecule has 0 atom stereocenters. The second-order valence-corrected chi connectivity index (χ2v) is 6.41. The SMILES string of the molecule is CC(C)c1cc(C2CCN(Cc3nccn3C)CC2)[nH]n1. The van der Waals surface area contributed by atoms with Crippen LogP contribution in [0.1, 0.15) is 55.7 Å². The smallest absolute Gasteiger partial charge is 0.122 e. The monoisotopic (exact) mass is 287 g/mol. The van der Waals surface area contributed by atoms with Gasteiger partial charge in [-0.1, -0.05) is 13.8 Å². The van der Waals surface area contributed by atoms with Crippen molar-refractivity contribution in [3.8, 4) is 0 Å². The number of likely N-dealkylation sites (tertiary alicyclic amines) is 1. The molecule has 0 unspecified atom stereocenters. The topological polar surface area (TPSA) is 49.7 Å². The molecule has 3 rings (SSSR count). The fourth-order valence-corrected chi connectivity index (χ4v) is 3.01. The van der Waals surface area contributed by atoms with Crippen LogP contribution >= 0.6 is 0 Å². The van der Waals surface area contributed by atoms with Gasteiger partial charge in [0, 0.05) is 31.1 Å². The van der Waals surface area contributed by atoms with E-state index in [2.05, 4.69) is 51.6 Å². The minimum Gasteiger partial charge on any atom is -0.337 e. The summed E-state index contributed by atoms with van der Waals surface area (Å²) < 4.78 is 2.11. The van der Waals surface area contributed by atoms with Crippen LogP contribution in [0.25, 0.3) is 0 Å². The van der Waals surface area contributed by atoms with E-state index in [1.807, 2.05) is 12.4 Å². The Morgan fingerprint density at radius 2 is 2.10 bits per heavy atom. The molecular formula is C16H25N5. The molecule has 0 bridgehead atoms. The second kappa shape index (κ2) is 6.02. The lowest BCUT2D eigenvalue weighted by Crippen LogP contribution is -2.33. The van der Waals surface area contributed by atoms with Crippen LogP contribution in [0.4, 0.5) is 0 Å². The van der Waals surface area contributed by atoms with Gasteiger partial charge in [-0.05, 0) is 37.9 Å². The molecule has 0 amide bonds. The maximum Gasteiger partial charge on any atom is 0.122 e. The molecule has 1 aliphatic heterocycles. The van der Waals surface area contributed by atoms with Gasteiger partial charge < -0.3 is 4.57 Å². The Morgan fingerprint density at radius 3 is 2.67 bits per heavy atom. The van der Waals surface area contributed by atoms with Crippen LogP contribution in [-0.2, 0) is 13.6 Å². The number of aryl methyl sites for hydroxylation is 1. The van der Waals surface area contributed by atoms with Crippen molar-refractivity contribution in [2.45, 2.75) is 45.1 Å².